The zero-order chi connectivity index (χ0) is 21.6. The minimum Gasteiger partial charge on any atom is -0.369 e. The second kappa shape index (κ2) is 9.38. The average Bonchev–Trinajstić information content (AvgIpc) is 2.79. The van der Waals surface area contributed by atoms with E-state index in [1.807, 2.05) is 41.3 Å². The van der Waals surface area contributed by atoms with Gasteiger partial charge in [-0.05, 0) is 60.9 Å². The van der Waals surface area contributed by atoms with Crippen molar-refractivity contribution >= 4 is 28.7 Å². The Morgan fingerprint density at radius 2 is 1.90 bits per heavy atom. The maximum absolute atomic E-state index is 13.7. The molecular weight excluding hydrogens is 399 g/mol. The van der Waals surface area contributed by atoms with E-state index >= 15 is 0 Å². The molecule has 9 heteroatoms. The van der Waals surface area contributed by atoms with Crippen molar-refractivity contribution in [1.29, 1.82) is 0 Å². The number of benzene rings is 1. The highest BCUT2D eigenvalue weighted by molar-refractivity contribution is 5.69. The van der Waals surface area contributed by atoms with Crippen LogP contribution < -0.4 is 15.5 Å². The van der Waals surface area contributed by atoms with E-state index in [0.717, 1.165) is 24.2 Å². The molecule has 3 aromatic rings. The zero-order valence-electron chi connectivity index (χ0n) is 16.9. The van der Waals surface area contributed by atoms with Gasteiger partial charge in [-0.3, -0.25) is 15.1 Å². The quantitative estimate of drug-likeness (QED) is 0.422. The number of aromatic nitrogens is 2. The van der Waals surface area contributed by atoms with Crippen molar-refractivity contribution in [3.63, 3.8) is 0 Å². The molecule has 0 spiro atoms. The topological polar surface area (TPSA) is 96.2 Å². The largest absolute Gasteiger partial charge is 0.369 e. The van der Waals surface area contributed by atoms with Crippen molar-refractivity contribution in [1.82, 2.24) is 9.97 Å². The van der Waals surface area contributed by atoms with Crippen LogP contribution in [0.15, 0.2) is 60.9 Å². The lowest BCUT2D eigenvalue weighted by atomic mass is 10.1. The number of nitrogens with zero attached hydrogens (tertiary/aromatic N) is 4. The van der Waals surface area contributed by atoms with Gasteiger partial charge >= 0.3 is 5.69 Å². The molecule has 1 aliphatic heterocycles. The summed E-state index contributed by atoms with van der Waals surface area (Å²) in [7, 11) is 0. The molecule has 0 saturated carbocycles. The van der Waals surface area contributed by atoms with E-state index in [1.54, 1.807) is 18.5 Å². The zero-order valence-corrected chi connectivity index (χ0v) is 16.9. The number of hydrogen-bond acceptors (Lipinski definition) is 7. The lowest BCUT2D eigenvalue weighted by molar-refractivity contribution is -0.384. The summed E-state index contributed by atoms with van der Waals surface area (Å²) in [6.07, 6.45) is 4.04. The number of hydrogen-bond donors (Lipinski definition) is 2. The number of halogens is 1. The summed E-state index contributed by atoms with van der Waals surface area (Å²) < 4.78 is 13.7. The smallest absolute Gasteiger partial charge is 0.311 e. The molecule has 1 aliphatic rings. The van der Waals surface area contributed by atoms with Gasteiger partial charge in [-0.25, -0.2) is 9.37 Å². The third-order valence-corrected chi connectivity index (χ3v) is 5.15. The van der Waals surface area contributed by atoms with Crippen molar-refractivity contribution < 1.29 is 9.31 Å². The van der Waals surface area contributed by atoms with Crippen LogP contribution in [0.5, 0.6) is 0 Å². The monoisotopic (exact) mass is 422 g/mol. The van der Waals surface area contributed by atoms with Gasteiger partial charge in [0.15, 0.2) is 0 Å². The lowest BCUT2D eigenvalue weighted by Crippen LogP contribution is -2.36. The fourth-order valence-corrected chi connectivity index (χ4v) is 3.53. The number of alkyl halides is 1. The second-order valence-corrected chi connectivity index (χ2v) is 7.39. The summed E-state index contributed by atoms with van der Waals surface area (Å²) in [5.74, 6) is 0.670. The summed E-state index contributed by atoms with van der Waals surface area (Å²) in [5, 5.41) is 17.7. The number of pyridine rings is 2. The van der Waals surface area contributed by atoms with Crippen LogP contribution >= 0.6 is 0 Å². The standard InChI is InChI=1S/C22H23FN6O2/c23-17-2-1-13-28(15-17)19-5-3-18(4-6-19)26-22-20(29(30)31)7-8-21(27-22)25-14-16-9-11-24-12-10-16/h3-12,17H,1-2,13-15H2,(H2,25,26,27). The Kier molecular flexibility index (Phi) is 6.21. The summed E-state index contributed by atoms with van der Waals surface area (Å²) in [6, 6.07) is 14.2. The molecule has 0 amide bonds. The minimum atomic E-state index is -0.805. The van der Waals surface area contributed by atoms with Gasteiger partial charge in [-0.15, -0.1) is 0 Å². The maximum Gasteiger partial charge on any atom is 0.311 e. The number of rotatable bonds is 7. The third kappa shape index (κ3) is 5.25. The first-order chi connectivity index (χ1) is 15.1. The van der Waals surface area contributed by atoms with Crippen LogP contribution in [0.3, 0.4) is 0 Å². The molecule has 160 valence electrons. The highest BCUT2D eigenvalue weighted by Crippen LogP contribution is 2.29. The highest BCUT2D eigenvalue weighted by Gasteiger charge is 2.20. The number of nitro groups is 1. The van der Waals surface area contributed by atoms with Crippen LogP contribution in [0.25, 0.3) is 0 Å². The van der Waals surface area contributed by atoms with E-state index < -0.39 is 11.1 Å². The molecule has 2 aromatic heterocycles. The SMILES string of the molecule is O=[N+]([O-])c1ccc(NCc2ccncc2)nc1Nc1ccc(N2CCCC(F)C2)cc1. The molecule has 3 heterocycles. The Hall–Kier alpha value is -3.75. The van der Waals surface area contributed by atoms with Gasteiger partial charge in [0.1, 0.15) is 12.0 Å². The Balaban J connectivity index is 1.48. The normalized spacial score (nSPS) is 16.0. The van der Waals surface area contributed by atoms with Crippen molar-refractivity contribution in [2.45, 2.75) is 25.6 Å². The van der Waals surface area contributed by atoms with Crippen molar-refractivity contribution in [3.05, 3.63) is 76.6 Å². The van der Waals surface area contributed by atoms with E-state index in [1.165, 1.54) is 6.07 Å². The van der Waals surface area contributed by atoms with Gasteiger partial charge in [-0.2, -0.15) is 0 Å². The van der Waals surface area contributed by atoms with Crippen LogP contribution in [-0.2, 0) is 6.54 Å². The van der Waals surface area contributed by atoms with E-state index in [9.17, 15) is 14.5 Å². The van der Waals surface area contributed by atoms with Gasteiger partial charge in [0.2, 0.25) is 5.82 Å². The van der Waals surface area contributed by atoms with Gasteiger partial charge in [0.05, 0.1) is 4.92 Å². The lowest BCUT2D eigenvalue weighted by Gasteiger charge is -2.31. The number of piperidine rings is 1. The first-order valence-corrected chi connectivity index (χ1v) is 10.1. The van der Waals surface area contributed by atoms with Crippen molar-refractivity contribution in [2.75, 3.05) is 28.6 Å². The molecule has 31 heavy (non-hydrogen) atoms. The van der Waals surface area contributed by atoms with Crippen molar-refractivity contribution in [2.24, 2.45) is 0 Å². The maximum atomic E-state index is 13.7. The summed E-state index contributed by atoms with van der Waals surface area (Å²) in [4.78, 5) is 21.4. The predicted octanol–water partition coefficient (Wildman–Crippen LogP) is 4.68. The third-order valence-electron chi connectivity index (χ3n) is 5.15. The van der Waals surface area contributed by atoms with Gasteiger partial charge < -0.3 is 15.5 Å². The molecule has 1 fully saturated rings. The Morgan fingerprint density at radius 3 is 2.61 bits per heavy atom. The van der Waals surface area contributed by atoms with Crippen LogP contribution in [-0.4, -0.2) is 34.2 Å². The van der Waals surface area contributed by atoms with E-state index in [0.29, 0.717) is 31.0 Å². The Bertz CT molecular complexity index is 1030. The molecule has 0 aliphatic carbocycles. The molecule has 0 bridgehead atoms. The van der Waals surface area contributed by atoms with Crippen LogP contribution in [0, 0.1) is 10.1 Å². The fraction of sp³-hybridized carbons (Fsp3) is 0.273. The first-order valence-electron chi connectivity index (χ1n) is 10.1. The molecule has 2 N–H and O–H groups in total. The highest BCUT2D eigenvalue weighted by atomic mass is 19.1. The number of nitrogens with one attached hydrogen (secondary N) is 2. The van der Waals surface area contributed by atoms with E-state index in [-0.39, 0.29) is 11.5 Å². The Labute approximate surface area is 179 Å². The van der Waals surface area contributed by atoms with Crippen LogP contribution in [0.1, 0.15) is 18.4 Å². The second-order valence-electron chi connectivity index (χ2n) is 7.39. The van der Waals surface area contributed by atoms with Gasteiger partial charge in [-0.1, -0.05) is 0 Å². The molecule has 1 atom stereocenters. The summed E-state index contributed by atoms with van der Waals surface area (Å²) in [5.41, 5.74) is 2.51. The molecule has 1 unspecified atom stereocenters. The fourth-order valence-electron chi connectivity index (χ4n) is 3.53. The molecule has 4 rings (SSSR count). The van der Waals surface area contributed by atoms with E-state index in [4.69, 9.17) is 0 Å². The van der Waals surface area contributed by atoms with Crippen LogP contribution in [0.4, 0.5) is 33.1 Å². The average molecular weight is 422 g/mol. The van der Waals surface area contributed by atoms with Gasteiger partial charge in [0, 0.05) is 49.5 Å². The van der Waals surface area contributed by atoms with Crippen LogP contribution in [0.2, 0.25) is 0 Å². The molecular formula is C22H23FN6O2. The Morgan fingerprint density at radius 1 is 1.13 bits per heavy atom. The molecule has 0 radical (unpaired) electrons. The summed E-state index contributed by atoms with van der Waals surface area (Å²) in [6.45, 7) is 1.74. The molecule has 8 nitrogen and oxygen atoms in total. The van der Waals surface area contributed by atoms with Gasteiger partial charge in [0.25, 0.3) is 0 Å². The molecule has 1 aromatic carbocycles. The number of anilines is 4. The summed E-state index contributed by atoms with van der Waals surface area (Å²) >= 11 is 0. The molecule has 1 saturated heterocycles. The van der Waals surface area contributed by atoms with Crippen molar-refractivity contribution in [3.8, 4) is 0 Å². The van der Waals surface area contributed by atoms with E-state index in [2.05, 4.69) is 20.6 Å². The first kappa shape index (κ1) is 20.5. The predicted molar refractivity (Wildman–Crippen MR) is 119 cm³/mol. The minimum absolute atomic E-state index is 0.116.